The highest BCUT2D eigenvalue weighted by Gasteiger charge is 2.08. The largest absolute Gasteiger partial charge is 0.352 e. The number of carbonyl (C=O) groups excluding carboxylic acids is 1. The van der Waals surface area contributed by atoms with Gasteiger partial charge in [-0.3, -0.25) is 9.20 Å². The van der Waals surface area contributed by atoms with Crippen molar-refractivity contribution in [2.75, 3.05) is 6.26 Å². The Hall–Kier alpha value is -1.79. The van der Waals surface area contributed by atoms with E-state index in [0.717, 1.165) is 16.2 Å². The number of benzene rings is 1. The summed E-state index contributed by atoms with van der Waals surface area (Å²) >= 11 is 3.28. The second kappa shape index (κ2) is 6.32. The minimum Gasteiger partial charge on any atom is -0.352 e. The number of thiazole rings is 1. The van der Waals surface area contributed by atoms with E-state index in [0.29, 0.717) is 13.0 Å². The molecule has 0 aliphatic carbocycles. The third kappa shape index (κ3) is 3.46. The lowest BCUT2D eigenvalue weighted by Crippen LogP contribution is -2.24. The van der Waals surface area contributed by atoms with E-state index in [1.165, 1.54) is 4.90 Å². The summed E-state index contributed by atoms with van der Waals surface area (Å²) in [5, 5.41) is 4.91. The van der Waals surface area contributed by atoms with Crippen molar-refractivity contribution >= 4 is 34.0 Å². The van der Waals surface area contributed by atoms with Crippen LogP contribution >= 0.6 is 23.1 Å². The maximum atomic E-state index is 11.9. The van der Waals surface area contributed by atoms with E-state index < -0.39 is 0 Å². The molecule has 0 aliphatic rings. The van der Waals surface area contributed by atoms with Gasteiger partial charge < -0.3 is 5.32 Å². The number of imidazole rings is 1. The molecule has 0 radical (unpaired) electrons. The van der Waals surface area contributed by atoms with Gasteiger partial charge in [0, 0.05) is 29.2 Å². The molecule has 0 unspecified atom stereocenters. The van der Waals surface area contributed by atoms with E-state index in [1.54, 1.807) is 23.1 Å². The number of hydrogen-bond acceptors (Lipinski definition) is 4. The Labute approximate surface area is 131 Å². The van der Waals surface area contributed by atoms with E-state index >= 15 is 0 Å². The monoisotopic (exact) mass is 317 g/mol. The molecule has 0 saturated carbocycles. The molecule has 0 spiro atoms. The predicted molar refractivity (Wildman–Crippen MR) is 86.8 cm³/mol. The van der Waals surface area contributed by atoms with Crippen molar-refractivity contribution in [2.45, 2.75) is 17.9 Å². The zero-order chi connectivity index (χ0) is 14.7. The first-order valence-corrected chi connectivity index (χ1v) is 8.66. The number of carbonyl (C=O) groups is 1. The normalized spacial score (nSPS) is 10.9. The lowest BCUT2D eigenvalue weighted by atomic mass is 10.2. The lowest BCUT2D eigenvalue weighted by molar-refractivity contribution is -0.120. The van der Waals surface area contributed by atoms with Crippen molar-refractivity contribution in [1.82, 2.24) is 14.7 Å². The zero-order valence-corrected chi connectivity index (χ0v) is 13.2. The summed E-state index contributed by atoms with van der Waals surface area (Å²) in [6.07, 6.45) is 6.21. The van der Waals surface area contributed by atoms with Crippen LogP contribution in [0.2, 0.25) is 0 Å². The molecule has 6 heteroatoms. The van der Waals surface area contributed by atoms with Crippen molar-refractivity contribution in [3.63, 3.8) is 0 Å². The fourth-order valence-electron chi connectivity index (χ4n) is 2.03. The van der Waals surface area contributed by atoms with Crippen LogP contribution in [0.15, 0.2) is 46.9 Å². The average molecular weight is 317 g/mol. The zero-order valence-electron chi connectivity index (χ0n) is 11.6. The highest BCUT2D eigenvalue weighted by atomic mass is 32.2. The number of nitrogens with zero attached hydrogens (tertiary/aromatic N) is 2. The Morgan fingerprint density at radius 3 is 2.90 bits per heavy atom. The molecule has 0 fully saturated rings. The molecule has 2 aromatic heterocycles. The van der Waals surface area contributed by atoms with Crippen LogP contribution in [0.5, 0.6) is 0 Å². The fourth-order valence-corrected chi connectivity index (χ4v) is 3.16. The van der Waals surface area contributed by atoms with Crippen LogP contribution in [0.4, 0.5) is 0 Å². The Morgan fingerprint density at radius 2 is 2.19 bits per heavy atom. The average Bonchev–Trinajstić information content (AvgIpc) is 3.07. The molecule has 3 rings (SSSR count). The Kier molecular flexibility index (Phi) is 4.26. The van der Waals surface area contributed by atoms with Gasteiger partial charge in [-0.1, -0.05) is 12.1 Å². The third-order valence-corrected chi connectivity index (χ3v) is 4.65. The molecule has 1 N–H and O–H groups in total. The smallest absolute Gasteiger partial charge is 0.226 e. The van der Waals surface area contributed by atoms with Gasteiger partial charge in [-0.2, -0.15) is 0 Å². The van der Waals surface area contributed by atoms with E-state index in [1.807, 2.05) is 40.6 Å². The first kappa shape index (κ1) is 14.2. The topological polar surface area (TPSA) is 46.4 Å². The van der Waals surface area contributed by atoms with Gasteiger partial charge in [0.25, 0.3) is 0 Å². The predicted octanol–water partition coefficient (Wildman–Crippen LogP) is 2.98. The summed E-state index contributed by atoms with van der Waals surface area (Å²) in [7, 11) is 0. The highest BCUT2D eigenvalue weighted by molar-refractivity contribution is 7.98. The molecule has 0 saturated heterocycles. The van der Waals surface area contributed by atoms with E-state index in [-0.39, 0.29) is 5.91 Å². The maximum Gasteiger partial charge on any atom is 0.226 e. The van der Waals surface area contributed by atoms with E-state index in [9.17, 15) is 4.79 Å². The number of amides is 1. The molecular weight excluding hydrogens is 302 g/mol. The molecule has 108 valence electrons. The van der Waals surface area contributed by atoms with Crippen LogP contribution in [-0.4, -0.2) is 21.5 Å². The third-order valence-electron chi connectivity index (χ3n) is 3.13. The van der Waals surface area contributed by atoms with Gasteiger partial charge in [0.05, 0.1) is 12.1 Å². The standard InChI is InChI=1S/C15H15N3OS2/c1-20-13-4-2-11(3-5-13)9-16-14(19)8-12-10-18-6-7-21-15(18)17-12/h2-7,10H,8-9H2,1H3,(H,16,19). The van der Waals surface area contributed by atoms with Crippen LogP contribution in [0.1, 0.15) is 11.3 Å². The summed E-state index contributed by atoms with van der Waals surface area (Å²) in [4.78, 5) is 18.5. The first-order chi connectivity index (χ1) is 10.2. The van der Waals surface area contributed by atoms with Crippen molar-refractivity contribution in [1.29, 1.82) is 0 Å². The van der Waals surface area contributed by atoms with Gasteiger partial charge in [0.2, 0.25) is 5.91 Å². The maximum absolute atomic E-state index is 11.9. The van der Waals surface area contributed by atoms with Gasteiger partial charge in [-0.25, -0.2) is 4.98 Å². The summed E-state index contributed by atoms with van der Waals surface area (Å²) in [5.74, 6) is -0.00491. The molecule has 2 heterocycles. The van der Waals surface area contributed by atoms with Crippen LogP contribution in [0.3, 0.4) is 0 Å². The molecule has 1 amide bonds. The van der Waals surface area contributed by atoms with Gasteiger partial charge in [0.15, 0.2) is 4.96 Å². The quantitative estimate of drug-likeness (QED) is 0.736. The molecule has 0 aliphatic heterocycles. The Bertz CT molecular complexity index is 717. The van der Waals surface area contributed by atoms with Crippen LogP contribution in [0.25, 0.3) is 4.96 Å². The molecule has 3 aromatic rings. The SMILES string of the molecule is CSc1ccc(CNC(=O)Cc2cn3ccsc3n2)cc1. The van der Waals surface area contributed by atoms with Crippen molar-refractivity contribution < 1.29 is 4.79 Å². The van der Waals surface area contributed by atoms with Crippen LogP contribution in [-0.2, 0) is 17.8 Å². The molecule has 4 nitrogen and oxygen atoms in total. The molecule has 1 aromatic carbocycles. The van der Waals surface area contributed by atoms with E-state index in [2.05, 4.69) is 22.4 Å². The van der Waals surface area contributed by atoms with Crippen molar-refractivity contribution in [2.24, 2.45) is 0 Å². The minimum absolute atomic E-state index is 0.00491. The van der Waals surface area contributed by atoms with Gasteiger partial charge in [-0.15, -0.1) is 23.1 Å². The molecule has 0 bridgehead atoms. The second-order valence-electron chi connectivity index (χ2n) is 4.63. The van der Waals surface area contributed by atoms with Crippen molar-refractivity contribution in [3.05, 3.63) is 53.3 Å². The number of fused-ring (bicyclic) bond motifs is 1. The molecular formula is C15H15N3OS2. The number of thioether (sulfide) groups is 1. The number of hydrogen-bond donors (Lipinski definition) is 1. The number of nitrogens with one attached hydrogen (secondary N) is 1. The fraction of sp³-hybridized carbons (Fsp3) is 0.200. The van der Waals surface area contributed by atoms with E-state index in [4.69, 9.17) is 0 Å². The number of rotatable bonds is 5. The minimum atomic E-state index is -0.00491. The molecule has 0 atom stereocenters. The summed E-state index contributed by atoms with van der Waals surface area (Å²) < 4.78 is 1.94. The van der Waals surface area contributed by atoms with Gasteiger partial charge in [-0.05, 0) is 24.0 Å². The summed E-state index contributed by atoms with van der Waals surface area (Å²) in [6, 6.07) is 8.21. The van der Waals surface area contributed by atoms with Gasteiger partial charge >= 0.3 is 0 Å². The number of aromatic nitrogens is 2. The summed E-state index contributed by atoms with van der Waals surface area (Å²) in [5.41, 5.74) is 1.91. The molecule has 21 heavy (non-hydrogen) atoms. The summed E-state index contributed by atoms with van der Waals surface area (Å²) in [6.45, 7) is 0.551. The van der Waals surface area contributed by atoms with Crippen molar-refractivity contribution in [3.8, 4) is 0 Å². The highest BCUT2D eigenvalue weighted by Crippen LogP contribution is 2.15. The lowest BCUT2D eigenvalue weighted by Gasteiger charge is -2.05. The Balaban J connectivity index is 1.54. The van der Waals surface area contributed by atoms with Crippen LogP contribution < -0.4 is 5.32 Å². The van der Waals surface area contributed by atoms with Crippen LogP contribution in [0, 0.1) is 0 Å². The first-order valence-electron chi connectivity index (χ1n) is 6.55. The second-order valence-corrected chi connectivity index (χ2v) is 6.38. The van der Waals surface area contributed by atoms with Gasteiger partial charge in [0.1, 0.15) is 0 Å². The Morgan fingerprint density at radius 1 is 1.38 bits per heavy atom.